The summed E-state index contributed by atoms with van der Waals surface area (Å²) in [5.41, 5.74) is 3.90. The molecule has 6 fully saturated rings. The lowest BCUT2D eigenvalue weighted by Crippen LogP contribution is -2.66. The third-order valence-corrected chi connectivity index (χ3v) is 33.1. The lowest BCUT2D eigenvalue weighted by Gasteiger charge is -2.51. The summed E-state index contributed by atoms with van der Waals surface area (Å²) < 4.78 is 208. The number of benzene rings is 6. The molecule has 0 N–H and O–H groups in total. The van der Waals surface area contributed by atoms with Gasteiger partial charge in [-0.1, -0.05) is 91.0 Å². The van der Waals surface area contributed by atoms with Crippen molar-refractivity contribution in [1.82, 2.24) is 33.6 Å². The van der Waals surface area contributed by atoms with Crippen molar-refractivity contribution in [2.75, 3.05) is 114 Å². The topological polar surface area (TPSA) is 310 Å². The number of ether oxygens (including phenoxy) is 11. The number of pyridine rings is 3. The van der Waals surface area contributed by atoms with Crippen LogP contribution in [0, 0.1) is 17.5 Å². The lowest BCUT2D eigenvalue weighted by molar-refractivity contribution is -0.139. The predicted molar refractivity (Wildman–Crippen MR) is 513 cm³/mol. The number of thiophene rings is 3. The Balaban J connectivity index is 0.000000115. The number of hydrogen-bond acceptors (Lipinski definition) is 27. The van der Waals surface area contributed by atoms with Crippen molar-refractivity contribution in [3.8, 4) is 82.0 Å². The first kappa shape index (κ1) is 94.5. The van der Waals surface area contributed by atoms with Crippen LogP contribution < -0.4 is 45.5 Å². The molecule has 0 radical (unpaired) electrons. The van der Waals surface area contributed by atoms with E-state index in [-0.39, 0.29) is 112 Å². The number of hydrogen-bond donors (Lipinski definition) is 0. The molecule has 0 spiro atoms. The minimum absolute atomic E-state index is 0.0229. The van der Waals surface area contributed by atoms with Crippen molar-refractivity contribution < 1.29 is 125 Å². The molecule has 6 aromatic heterocycles. The first-order chi connectivity index (χ1) is 71.5. The van der Waals surface area contributed by atoms with Crippen LogP contribution in [0.25, 0.3) is 64.7 Å². The second-order valence-corrected chi connectivity index (χ2v) is 40.8. The van der Waals surface area contributed by atoms with E-state index in [0.29, 0.717) is 119 Å². The van der Waals surface area contributed by atoms with Gasteiger partial charge in [-0.2, -0.15) is 0 Å². The van der Waals surface area contributed by atoms with Crippen molar-refractivity contribution in [3.63, 3.8) is 0 Å². The van der Waals surface area contributed by atoms with Crippen LogP contribution >= 0.6 is 34.0 Å². The Bertz CT molecular complexity index is 7570. The van der Waals surface area contributed by atoms with Gasteiger partial charge < -0.3 is 71.7 Å². The summed E-state index contributed by atoms with van der Waals surface area (Å²) in [7, 11) is 0. The minimum atomic E-state index is -3.49. The molecule has 760 valence electrons. The van der Waals surface area contributed by atoms with E-state index in [9.17, 15) is 47.9 Å². The molecule has 6 saturated heterocycles. The quantitative estimate of drug-likeness (QED) is 0.0736. The third-order valence-electron chi connectivity index (χ3n) is 29.9. The fraction of sp³-hybridized carbons (Fsp3) is 0.333. The minimum Gasteiger partial charge on any atom is -0.430 e. The zero-order valence-corrected chi connectivity index (χ0v) is 80.5. The molecule has 2 unspecified atom stereocenters. The Labute approximate surface area is 844 Å². The molecule has 6 aliphatic carbocycles. The first-order valence-electron chi connectivity index (χ1n) is 48.1. The van der Waals surface area contributed by atoms with E-state index in [1.165, 1.54) is 123 Å². The van der Waals surface area contributed by atoms with E-state index in [1.54, 1.807) is 31.2 Å². The maximum absolute atomic E-state index is 15.9. The highest BCUT2D eigenvalue weighted by atomic mass is 32.1. The molecule has 31 nitrogen and oxygen atoms in total. The summed E-state index contributed by atoms with van der Waals surface area (Å²) in [5, 5.41) is 10.4. The van der Waals surface area contributed by atoms with Crippen molar-refractivity contribution in [1.29, 1.82) is 0 Å². The number of halogens is 9. The first-order valence-corrected chi connectivity index (χ1v) is 50.7. The number of morpholine rings is 3. The molecular formula is C105H83F9N10O21S3. The molecule has 12 aromatic rings. The average molecular weight is 2090 g/mol. The Morgan fingerprint density at radius 2 is 0.655 bits per heavy atom. The normalized spacial score (nSPS) is 21.7. The fourth-order valence-corrected chi connectivity index (χ4v) is 26.8. The third kappa shape index (κ3) is 15.1. The number of carbonyl (C=O) groups excluding carboxylic acids is 7. The number of amides is 4. The molecule has 6 atom stereocenters. The maximum Gasteiger partial charge on any atom is 0.514 e. The smallest absolute Gasteiger partial charge is 0.430 e. The van der Waals surface area contributed by atoms with Gasteiger partial charge >= 0.3 is 18.5 Å². The van der Waals surface area contributed by atoms with Gasteiger partial charge in [0.05, 0.1) is 114 Å². The summed E-state index contributed by atoms with van der Waals surface area (Å²) in [4.78, 5) is 142. The molecule has 15 heterocycles. The molecule has 6 aromatic carbocycles. The van der Waals surface area contributed by atoms with Gasteiger partial charge in [0.25, 0.3) is 35.5 Å². The maximum atomic E-state index is 15.9. The van der Waals surface area contributed by atoms with E-state index < -0.39 is 196 Å². The second kappa shape index (κ2) is 36.0. The van der Waals surface area contributed by atoms with Crippen LogP contribution in [0.1, 0.15) is 149 Å². The summed E-state index contributed by atoms with van der Waals surface area (Å²) in [5.74, 6) is -17.0. The van der Waals surface area contributed by atoms with Gasteiger partial charge in [0.15, 0.2) is 17.1 Å². The van der Waals surface area contributed by atoms with Gasteiger partial charge in [0.2, 0.25) is 39.4 Å². The molecule has 9 aliphatic heterocycles. The van der Waals surface area contributed by atoms with Crippen LogP contribution in [-0.4, -0.2) is 211 Å². The molecule has 0 saturated carbocycles. The van der Waals surface area contributed by atoms with Crippen LogP contribution in [0.4, 0.5) is 53.9 Å². The van der Waals surface area contributed by atoms with Gasteiger partial charge in [-0.15, -0.1) is 34.0 Å². The highest BCUT2D eigenvalue weighted by Gasteiger charge is 2.58. The predicted octanol–water partition coefficient (Wildman–Crippen LogP) is 15.8. The fourth-order valence-electron chi connectivity index (χ4n) is 23.4. The molecular weight excluding hydrogens is 2000 g/mol. The molecule has 27 rings (SSSR count). The van der Waals surface area contributed by atoms with Gasteiger partial charge in [-0.3, -0.25) is 62.6 Å². The number of likely N-dealkylation sites (tertiary alicyclic amines) is 1. The number of aromatic nitrogens is 3. The Morgan fingerprint density at radius 3 is 0.959 bits per heavy atom. The van der Waals surface area contributed by atoms with Gasteiger partial charge in [-0.25, -0.2) is 53.9 Å². The standard InChI is InChI=1S/C35H27F3N4O7S.2C35H28F3N3O7S/c1-17(43)39-13-19(14-39)48-34(46)49-31-24(44)8-9-41-30(31)33(45)40-10-11-47-15-25(40)42(41)29-20-4-2-3-5-21(20)32-26-18(16-50-32)12-35(37,38)28-23(36)7-6-22(29)27(26)28;2*36-23-6-5-22-27-26-18(15-35(37,38)28(23)27)17-49-32(26)21-4-2-1-3-20(21)29(22)41-25-16-46-14-11-39(25)33(43)30-31(24(42)7-10-40(30)41)48-34(44)47-19-8-12-45-13-9-19/h2-9,16,19,25,29H,10-15H2,1H3;2*1-7,10,17,19,25,29H,8-9,11-16H2/t2*25-,29-;/m11./s1. The SMILES string of the molecule is CC(=O)N1CC(OC(=O)Oc2c3n(ccc2=O)N([C@@H]2c4ccccc4-c4scc5c4-c4c2ccc(F)c4C(F)(F)C5)[C@@H]2COCCN2C3=O)C1.O=C(Oc1c2n(ccc1=O)N(C1c3ccccc3-c3scc4c3-c3c1ccc(F)c3C(F)(F)C4)C1COCCN1C2=O)OC1CCOCC1.O=C(Oc1c2n(ccc1=O)N([C@@H]1c3ccccc3-c3scc4c3-c3c1ccc(F)c3C(F)(F)C4)[C@@H]1COCCN1C2=O)OC1CCOCC1. The Hall–Kier alpha value is -14.5. The van der Waals surface area contributed by atoms with Crippen molar-refractivity contribution in [2.24, 2.45) is 0 Å². The van der Waals surface area contributed by atoms with Crippen molar-refractivity contribution >= 4 is 76.1 Å². The van der Waals surface area contributed by atoms with E-state index in [1.807, 2.05) is 72.8 Å². The van der Waals surface area contributed by atoms with Gasteiger partial charge in [0, 0.05) is 156 Å². The molecule has 148 heavy (non-hydrogen) atoms. The van der Waals surface area contributed by atoms with Gasteiger partial charge in [0.1, 0.15) is 54.3 Å². The molecule has 15 aliphatic rings. The van der Waals surface area contributed by atoms with Crippen molar-refractivity contribution in [3.05, 3.63) is 294 Å². The van der Waals surface area contributed by atoms with Crippen LogP contribution in [0.5, 0.6) is 17.2 Å². The summed E-state index contributed by atoms with van der Waals surface area (Å²) in [6.07, 6.45) is -3.36. The number of nitrogens with zero attached hydrogens (tertiary/aromatic N) is 10. The van der Waals surface area contributed by atoms with E-state index in [0.717, 1.165) is 55.6 Å². The highest BCUT2D eigenvalue weighted by molar-refractivity contribution is 7.15. The summed E-state index contributed by atoms with van der Waals surface area (Å²) in [6.45, 7) is 4.43. The van der Waals surface area contributed by atoms with Crippen LogP contribution in [0.15, 0.2) is 177 Å². The van der Waals surface area contributed by atoms with Crippen molar-refractivity contribution in [2.45, 2.75) is 125 Å². The Kier molecular flexibility index (Phi) is 23.0. The van der Waals surface area contributed by atoms with E-state index >= 15 is 39.5 Å². The average Bonchev–Trinajstić information content (AvgIpc) is 1.52. The van der Waals surface area contributed by atoms with Crippen LogP contribution in [-0.2, 0) is 79.7 Å². The zero-order chi connectivity index (χ0) is 102. The highest BCUT2D eigenvalue weighted by Crippen LogP contribution is 2.64. The zero-order valence-electron chi connectivity index (χ0n) is 78.0. The summed E-state index contributed by atoms with van der Waals surface area (Å²) in [6, 6.07) is 30.9. The largest absolute Gasteiger partial charge is 0.514 e. The molecule has 43 heteroatoms. The lowest BCUT2D eigenvalue weighted by atomic mass is 9.80. The van der Waals surface area contributed by atoms with E-state index in [2.05, 4.69) is 0 Å². The van der Waals surface area contributed by atoms with Gasteiger partial charge in [-0.05, 0) is 101 Å². The number of rotatable bonds is 9. The summed E-state index contributed by atoms with van der Waals surface area (Å²) >= 11 is 3.97. The molecule has 0 bridgehead atoms. The number of fused-ring (bicyclic) bond motifs is 12. The second-order valence-electron chi connectivity index (χ2n) is 38.2. The number of carbonyl (C=O) groups is 7. The monoisotopic (exact) mass is 2090 g/mol. The van der Waals surface area contributed by atoms with E-state index in [4.69, 9.17) is 52.1 Å². The van der Waals surface area contributed by atoms with Crippen LogP contribution in [0.3, 0.4) is 0 Å². The molecule has 4 amide bonds. The van der Waals surface area contributed by atoms with Crippen LogP contribution in [0.2, 0.25) is 0 Å². The Morgan fingerprint density at radius 1 is 0.358 bits per heavy atom. The number of alkyl halides is 6.